The predicted octanol–water partition coefficient (Wildman–Crippen LogP) is 3.18. The summed E-state index contributed by atoms with van der Waals surface area (Å²) in [4.78, 5) is 16.0. The van der Waals surface area contributed by atoms with Crippen LogP contribution in [0.4, 0.5) is 0 Å². The summed E-state index contributed by atoms with van der Waals surface area (Å²) < 4.78 is 10.2. The van der Waals surface area contributed by atoms with Crippen LogP contribution in [0.2, 0.25) is 0 Å². The molecule has 1 aromatic heterocycles. The van der Waals surface area contributed by atoms with Crippen LogP contribution in [0, 0.1) is 5.92 Å². The number of aromatic nitrogens is 2. The smallest absolute Gasteiger partial charge is 0.308 e. The first-order valence-corrected chi connectivity index (χ1v) is 7.25. The first kappa shape index (κ1) is 13.8. The summed E-state index contributed by atoms with van der Waals surface area (Å²) in [6.45, 7) is 0. The molecule has 0 aliphatic heterocycles. The van der Waals surface area contributed by atoms with Gasteiger partial charge in [0.15, 0.2) is 5.82 Å². The van der Waals surface area contributed by atoms with Gasteiger partial charge in [-0.25, -0.2) is 0 Å². The second kappa shape index (κ2) is 6.08. The minimum absolute atomic E-state index is 0.0201. The van der Waals surface area contributed by atoms with E-state index in [1.165, 1.54) is 7.11 Å². The number of rotatable bonds is 3. The molecule has 0 unspecified atom stereocenters. The van der Waals surface area contributed by atoms with Crippen molar-refractivity contribution in [3.63, 3.8) is 0 Å². The van der Waals surface area contributed by atoms with E-state index >= 15 is 0 Å². The van der Waals surface area contributed by atoms with E-state index in [4.69, 9.17) is 9.26 Å². The SMILES string of the molecule is COC(=O)C1CCC(c2noc(-c3ccccc3)n2)CC1. The third-order valence-corrected chi connectivity index (χ3v) is 4.09. The van der Waals surface area contributed by atoms with Crippen molar-refractivity contribution in [1.82, 2.24) is 10.1 Å². The quantitative estimate of drug-likeness (QED) is 0.811. The van der Waals surface area contributed by atoms with Crippen LogP contribution in [-0.4, -0.2) is 23.2 Å². The molecular formula is C16H18N2O3. The fourth-order valence-corrected chi connectivity index (χ4v) is 2.85. The maximum atomic E-state index is 11.5. The van der Waals surface area contributed by atoms with Crippen LogP contribution >= 0.6 is 0 Å². The van der Waals surface area contributed by atoms with Gasteiger partial charge in [-0.05, 0) is 37.8 Å². The molecule has 0 amide bonds. The average molecular weight is 286 g/mol. The van der Waals surface area contributed by atoms with Gasteiger partial charge >= 0.3 is 5.97 Å². The maximum Gasteiger partial charge on any atom is 0.308 e. The lowest BCUT2D eigenvalue weighted by Gasteiger charge is -2.24. The van der Waals surface area contributed by atoms with Gasteiger partial charge in [0.05, 0.1) is 13.0 Å². The van der Waals surface area contributed by atoms with Crippen molar-refractivity contribution in [2.45, 2.75) is 31.6 Å². The Labute approximate surface area is 123 Å². The number of nitrogens with zero attached hydrogens (tertiary/aromatic N) is 2. The Morgan fingerprint density at radius 2 is 1.90 bits per heavy atom. The number of hydrogen-bond acceptors (Lipinski definition) is 5. The molecule has 1 saturated carbocycles. The third-order valence-electron chi connectivity index (χ3n) is 4.09. The zero-order valence-corrected chi connectivity index (χ0v) is 12.0. The number of carbonyl (C=O) groups excluding carboxylic acids is 1. The van der Waals surface area contributed by atoms with Gasteiger partial charge in [0, 0.05) is 11.5 Å². The van der Waals surface area contributed by atoms with Crippen LogP contribution in [-0.2, 0) is 9.53 Å². The van der Waals surface area contributed by atoms with E-state index in [0.29, 0.717) is 5.89 Å². The Bertz CT molecular complexity index is 601. The van der Waals surface area contributed by atoms with Crippen molar-refractivity contribution < 1.29 is 14.1 Å². The molecule has 0 saturated heterocycles. The Balaban J connectivity index is 1.67. The Hall–Kier alpha value is -2.17. The fraction of sp³-hybridized carbons (Fsp3) is 0.438. The lowest BCUT2D eigenvalue weighted by molar-refractivity contribution is -0.146. The molecule has 5 nitrogen and oxygen atoms in total. The molecule has 5 heteroatoms. The standard InChI is InChI=1S/C16H18N2O3/c1-20-16(19)13-9-7-11(8-10-13)14-17-15(21-18-14)12-5-3-2-4-6-12/h2-6,11,13H,7-10H2,1H3. The Kier molecular flexibility index (Phi) is 3.99. The summed E-state index contributed by atoms with van der Waals surface area (Å²) in [5, 5.41) is 4.10. The second-order valence-corrected chi connectivity index (χ2v) is 5.40. The molecule has 0 spiro atoms. The third kappa shape index (κ3) is 2.96. The van der Waals surface area contributed by atoms with Crippen LogP contribution in [0.1, 0.15) is 37.4 Å². The van der Waals surface area contributed by atoms with Crippen molar-refractivity contribution >= 4 is 5.97 Å². The molecular weight excluding hydrogens is 268 g/mol. The van der Waals surface area contributed by atoms with E-state index in [0.717, 1.165) is 37.1 Å². The lowest BCUT2D eigenvalue weighted by Crippen LogP contribution is -2.22. The highest BCUT2D eigenvalue weighted by molar-refractivity contribution is 5.72. The van der Waals surface area contributed by atoms with Gasteiger partial charge in [-0.1, -0.05) is 23.4 Å². The van der Waals surface area contributed by atoms with Crippen LogP contribution < -0.4 is 0 Å². The van der Waals surface area contributed by atoms with Crippen LogP contribution in [0.25, 0.3) is 11.5 Å². The highest BCUT2D eigenvalue weighted by atomic mass is 16.5. The summed E-state index contributed by atoms with van der Waals surface area (Å²) in [6, 6.07) is 9.74. The first-order chi connectivity index (χ1) is 10.3. The minimum Gasteiger partial charge on any atom is -0.469 e. The molecule has 0 radical (unpaired) electrons. The molecule has 0 N–H and O–H groups in total. The molecule has 2 aromatic rings. The molecule has 3 rings (SSSR count). The first-order valence-electron chi connectivity index (χ1n) is 7.25. The van der Waals surface area contributed by atoms with Crippen LogP contribution in [0.15, 0.2) is 34.9 Å². The number of methoxy groups -OCH3 is 1. The Morgan fingerprint density at radius 3 is 2.57 bits per heavy atom. The highest BCUT2D eigenvalue weighted by Crippen LogP contribution is 2.35. The molecule has 0 atom stereocenters. The molecule has 0 bridgehead atoms. The number of ether oxygens (including phenoxy) is 1. The summed E-state index contributed by atoms with van der Waals surface area (Å²) in [6.07, 6.45) is 3.44. The summed E-state index contributed by atoms with van der Waals surface area (Å²) in [7, 11) is 1.44. The van der Waals surface area contributed by atoms with Gasteiger partial charge < -0.3 is 9.26 Å². The molecule has 21 heavy (non-hydrogen) atoms. The van der Waals surface area contributed by atoms with Gasteiger partial charge in [0.2, 0.25) is 0 Å². The van der Waals surface area contributed by atoms with Crippen molar-refractivity contribution in [2.75, 3.05) is 7.11 Å². The van der Waals surface area contributed by atoms with E-state index in [-0.39, 0.29) is 17.8 Å². The zero-order chi connectivity index (χ0) is 14.7. The van der Waals surface area contributed by atoms with Gasteiger partial charge in [-0.15, -0.1) is 0 Å². The highest BCUT2D eigenvalue weighted by Gasteiger charge is 2.30. The molecule has 1 heterocycles. The van der Waals surface area contributed by atoms with Crippen LogP contribution in [0.5, 0.6) is 0 Å². The second-order valence-electron chi connectivity index (χ2n) is 5.40. The van der Waals surface area contributed by atoms with Crippen molar-refractivity contribution in [3.8, 4) is 11.5 Å². The average Bonchev–Trinajstić information content (AvgIpc) is 3.05. The number of carbonyl (C=O) groups is 1. The maximum absolute atomic E-state index is 11.5. The molecule has 1 fully saturated rings. The summed E-state index contributed by atoms with van der Waals surface area (Å²) >= 11 is 0. The van der Waals surface area contributed by atoms with Gasteiger partial charge in [0.1, 0.15) is 0 Å². The largest absolute Gasteiger partial charge is 0.469 e. The van der Waals surface area contributed by atoms with E-state index in [2.05, 4.69) is 10.1 Å². The van der Waals surface area contributed by atoms with Gasteiger partial charge in [0.25, 0.3) is 5.89 Å². The van der Waals surface area contributed by atoms with Gasteiger partial charge in [-0.3, -0.25) is 4.79 Å². The van der Waals surface area contributed by atoms with E-state index < -0.39 is 0 Å². The lowest BCUT2D eigenvalue weighted by atomic mass is 9.82. The van der Waals surface area contributed by atoms with E-state index in [1.807, 2.05) is 30.3 Å². The molecule has 1 aromatic carbocycles. The van der Waals surface area contributed by atoms with E-state index in [1.54, 1.807) is 0 Å². The Morgan fingerprint density at radius 1 is 1.19 bits per heavy atom. The molecule has 110 valence electrons. The molecule has 1 aliphatic carbocycles. The summed E-state index contributed by atoms with van der Waals surface area (Å²) in [5.74, 6) is 1.49. The van der Waals surface area contributed by atoms with Crippen molar-refractivity contribution in [3.05, 3.63) is 36.2 Å². The van der Waals surface area contributed by atoms with Crippen molar-refractivity contribution in [1.29, 1.82) is 0 Å². The van der Waals surface area contributed by atoms with Crippen LogP contribution in [0.3, 0.4) is 0 Å². The molecule has 1 aliphatic rings. The normalized spacial score (nSPS) is 22.0. The fourth-order valence-electron chi connectivity index (χ4n) is 2.85. The predicted molar refractivity (Wildman–Crippen MR) is 76.4 cm³/mol. The number of esters is 1. The monoisotopic (exact) mass is 286 g/mol. The topological polar surface area (TPSA) is 65.2 Å². The zero-order valence-electron chi connectivity index (χ0n) is 12.0. The van der Waals surface area contributed by atoms with Crippen molar-refractivity contribution in [2.24, 2.45) is 5.92 Å². The summed E-state index contributed by atoms with van der Waals surface area (Å²) in [5.41, 5.74) is 0.930. The number of benzene rings is 1. The minimum atomic E-state index is -0.105. The number of hydrogen-bond donors (Lipinski definition) is 0. The van der Waals surface area contributed by atoms with Gasteiger partial charge in [-0.2, -0.15) is 4.98 Å². The van der Waals surface area contributed by atoms with E-state index in [9.17, 15) is 4.79 Å².